The van der Waals surface area contributed by atoms with Gasteiger partial charge in [0.25, 0.3) is 0 Å². The summed E-state index contributed by atoms with van der Waals surface area (Å²) in [5.74, 6) is 0.986. The van der Waals surface area contributed by atoms with Gasteiger partial charge in [0.05, 0.1) is 12.7 Å². The molecule has 0 saturated heterocycles. The fraction of sp³-hybridized carbons (Fsp3) is 0.364. The van der Waals surface area contributed by atoms with Crippen LogP contribution in [0.5, 0.6) is 11.5 Å². The fourth-order valence-electron chi connectivity index (χ4n) is 1.26. The Morgan fingerprint density at radius 2 is 1.93 bits per heavy atom. The topological polar surface area (TPSA) is 44.8 Å². The molecule has 0 spiro atoms. The van der Waals surface area contributed by atoms with Crippen LogP contribution in [0.2, 0.25) is 0 Å². The smallest absolute Gasteiger partial charge is 0.188 e. The third-order valence-electron chi connectivity index (χ3n) is 1.92. The molecular formula is C11H14O4. The maximum Gasteiger partial charge on any atom is 0.188 e. The van der Waals surface area contributed by atoms with E-state index in [2.05, 4.69) is 0 Å². The Hall–Kier alpha value is -1.55. The van der Waals surface area contributed by atoms with E-state index in [4.69, 9.17) is 14.2 Å². The summed E-state index contributed by atoms with van der Waals surface area (Å²) >= 11 is 0. The highest BCUT2D eigenvalue weighted by Gasteiger charge is 2.10. The summed E-state index contributed by atoms with van der Waals surface area (Å²) in [5.41, 5.74) is 1.36. The van der Waals surface area contributed by atoms with Crippen molar-refractivity contribution in [2.45, 2.75) is 6.92 Å². The SMILES string of the molecule is COCOc1cc(C)cc(OC)c1C=O. The molecule has 82 valence electrons. The Kier molecular flexibility index (Phi) is 4.12. The Morgan fingerprint density at radius 1 is 1.27 bits per heavy atom. The molecule has 0 aliphatic heterocycles. The van der Waals surface area contributed by atoms with Crippen molar-refractivity contribution in [1.82, 2.24) is 0 Å². The molecule has 1 rings (SSSR count). The van der Waals surface area contributed by atoms with Crippen LogP contribution in [0.3, 0.4) is 0 Å². The van der Waals surface area contributed by atoms with Gasteiger partial charge in [-0.2, -0.15) is 0 Å². The van der Waals surface area contributed by atoms with E-state index in [-0.39, 0.29) is 6.79 Å². The molecule has 0 amide bonds. The van der Waals surface area contributed by atoms with Gasteiger partial charge in [-0.05, 0) is 24.6 Å². The minimum atomic E-state index is 0.105. The fourth-order valence-corrected chi connectivity index (χ4v) is 1.26. The number of carbonyl (C=O) groups excluding carboxylic acids is 1. The molecule has 0 aromatic heterocycles. The number of benzene rings is 1. The van der Waals surface area contributed by atoms with E-state index in [0.29, 0.717) is 23.3 Å². The third-order valence-corrected chi connectivity index (χ3v) is 1.92. The van der Waals surface area contributed by atoms with Crippen LogP contribution in [0, 0.1) is 6.92 Å². The summed E-state index contributed by atoms with van der Waals surface area (Å²) in [4.78, 5) is 10.9. The van der Waals surface area contributed by atoms with Gasteiger partial charge >= 0.3 is 0 Å². The molecule has 0 bridgehead atoms. The zero-order valence-electron chi connectivity index (χ0n) is 9.07. The standard InChI is InChI=1S/C11H14O4/c1-8-4-10(14-3)9(6-12)11(5-8)15-7-13-2/h4-6H,7H2,1-3H3. The molecule has 1 aromatic carbocycles. The van der Waals surface area contributed by atoms with Crippen LogP contribution in [0.4, 0.5) is 0 Å². The lowest BCUT2D eigenvalue weighted by atomic mass is 10.1. The van der Waals surface area contributed by atoms with E-state index >= 15 is 0 Å². The summed E-state index contributed by atoms with van der Waals surface area (Å²) < 4.78 is 15.1. The number of carbonyl (C=O) groups is 1. The Balaban J connectivity index is 3.10. The molecule has 4 heteroatoms. The minimum Gasteiger partial charge on any atom is -0.496 e. The van der Waals surface area contributed by atoms with Gasteiger partial charge in [-0.3, -0.25) is 4.79 Å². The molecule has 0 unspecified atom stereocenters. The quantitative estimate of drug-likeness (QED) is 0.549. The minimum absolute atomic E-state index is 0.105. The number of methoxy groups -OCH3 is 2. The van der Waals surface area contributed by atoms with Crippen LogP contribution in [0.1, 0.15) is 15.9 Å². The van der Waals surface area contributed by atoms with Gasteiger partial charge in [0.1, 0.15) is 11.5 Å². The second-order valence-corrected chi connectivity index (χ2v) is 3.05. The van der Waals surface area contributed by atoms with Gasteiger partial charge in [0.15, 0.2) is 13.1 Å². The number of hydrogen-bond donors (Lipinski definition) is 0. The van der Waals surface area contributed by atoms with Crippen LogP contribution in [-0.4, -0.2) is 27.3 Å². The highest BCUT2D eigenvalue weighted by Crippen LogP contribution is 2.28. The molecule has 0 aliphatic carbocycles. The zero-order chi connectivity index (χ0) is 11.3. The molecule has 15 heavy (non-hydrogen) atoms. The highest BCUT2D eigenvalue weighted by atomic mass is 16.7. The van der Waals surface area contributed by atoms with Crippen molar-refractivity contribution in [1.29, 1.82) is 0 Å². The van der Waals surface area contributed by atoms with Crippen molar-refractivity contribution in [3.63, 3.8) is 0 Å². The van der Waals surface area contributed by atoms with E-state index in [0.717, 1.165) is 5.56 Å². The van der Waals surface area contributed by atoms with Gasteiger partial charge < -0.3 is 14.2 Å². The van der Waals surface area contributed by atoms with Crippen molar-refractivity contribution in [3.8, 4) is 11.5 Å². The summed E-state index contributed by atoms with van der Waals surface area (Å²) in [5, 5.41) is 0. The first-order valence-electron chi connectivity index (χ1n) is 4.48. The maximum absolute atomic E-state index is 10.9. The Bertz CT molecular complexity index is 347. The molecule has 0 N–H and O–H groups in total. The molecule has 0 heterocycles. The number of aldehydes is 1. The van der Waals surface area contributed by atoms with Crippen molar-refractivity contribution in [2.75, 3.05) is 21.0 Å². The summed E-state index contributed by atoms with van der Waals surface area (Å²) in [6.45, 7) is 2.00. The molecular weight excluding hydrogens is 196 g/mol. The van der Waals surface area contributed by atoms with E-state index in [1.165, 1.54) is 14.2 Å². The van der Waals surface area contributed by atoms with Crippen LogP contribution >= 0.6 is 0 Å². The molecule has 0 aliphatic rings. The van der Waals surface area contributed by atoms with E-state index < -0.39 is 0 Å². The summed E-state index contributed by atoms with van der Waals surface area (Å²) in [6, 6.07) is 3.55. The molecule has 1 aromatic rings. The predicted octanol–water partition coefficient (Wildman–Crippen LogP) is 1.80. The lowest BCUT2D eigenvalue weighted by Crippen LogP contribution is -2.03. The normalized spacial score (nSPS) is 9.80. The first-order valence-corrected chi connectivity index (χ1v) is 4.48. The highest BCUT2D eigenvalue weighted by molar-refractivity contribution is 5.84. The van der Waals surface area contributed by atoms with Gasteiger partial charge in [-0.25, -0.2) is 0 Å². The monoisotopic (exact) mass is 210 g/mol. The number of rotatable bonds is 5. The first kappa shape index (κ1) is 11.5. The van der Waals surface area contributed by atoms with Crippen molar-refractivity contribution >= 4 is 6.29 Å². The van der Waals surface area contributed by atoms with Crippen molar-refractivity contribution < 1.29 is 19.0 Å². The summed E-state index contributed by atoms with van der Waals surface area (Å²) in [6.07, 6.45) is 0.712. The van der Waals surface area contributed by atoms with Crippen LogP contribution in [0.15, 0.2) is 12.1 Å². The lowest BCUT2D eigenvalue weighted by Gasteiger charge is -2.11. The average Bonchev–Trinajstić information content (AvgIpc) is 2.25. The second kappa shape index (κ2) is 5.36. The molecule has 0 radical (unpaired) electrons. The van der Waals surface area contributed by atoms with Crippen LogP contribution < -0.4 is 9.47 Å². The van der Waals surface area contributed by atoms with Crippen LogP contribution in [-0.2, 0) is 4.74 Å². The first-order chi connectivity index (χ1) is 7.22. The van der Waals surface area contributed by atoms with Gasteiger partial charge in [0, 0.05) is 7.11 Å². The molecule has 0 atom stereocenters. The third kappa shape index (κ3) is 2.70. The predicted molar refractivity (Wildman–Crippen MR) is 55.6 cm³/mol. The zero-order valence-corrected chi connectivity index (χ0v) is 9.07. The van der Waals surface area contributed by atoms with E-state index in [9.17, 15) is 4.79 Å². The average molecular weight is 210 g/mol. The number of ether oxygens (including phenoxy) is 3. The summed E-state index contributed by atoms with van der Waals surface area (Å²) in [7, 11) is 3.04. The van der Waals surface area contributed by atoms with E-state index in [1.807, 2.05) is 6.92 Å². The lowest BCUT2D eigenvalue weighted by molar-refractivity contribution is 0.0503. The van der Waals surface area contributed by atoms with Gasteiger partial charge in [-0.1, -0.05) is 0 Å². The molecule has 0 saturated carbocycles. The number of hydrogen-bond acceptors (Lipinski definition) is 4. The Morgan fingerprint density at radius 3 is 2.47 bits per heavy atom. The van der Waals surface area contributed by atoms with Crippen molar-refractivity contribution in [3.05, 3.63) is 23.3 Å². The number of aryl methyl sites for hydroxylation is 1. The van der Waals surface area contributed by atoms with Gasteiger partial charge in [0.2, 0.25) is 0 Å². The Labute approximate surface area is 88.8 Å². The van der Waals surface area contributed by atoms with E-state index in [1.54, 1.807) is 12.1 Å². The maximum atomic E-state index is 10.9. The molecule has 4 nitrogen and oxygen atoms in total. The van der Waals surface area contributed by atoms with Crippen molar-refractivity contribution in [2.24, 2.45) is 0 Å². The van der Waals surface area contributed by atoms with Gasteiger partial charge in [-0.15, -0.1) is 0 Å². The molecule has 0 fully saturated rings. The largest absolute Gasteiger partial charge is 0.496 e. The second-order valence-electron chi connectivity index (χ2n) is 3.05. The van der Waals surface area contributed by atoms with Crippen LogP contribution in [0.25, 0.3) is 0 Å².